The molecule has 3 rings (SSSR count). The van der Waals surface area contributed by atoms with E-state index >= 15 is 0 Å². The van der Waals surface area contributed by atoms with Gasteiger partial charge in [0.25, 0.3) is 0 Å². The van der Waals surface area contributed by atoms with Crippen LogP contribution in [0.3, 0.4) is 0 Å². The van der Waals surface area contributed by atoms with E-state index in [0.29, 0.717) is 17.5 Å². The second-order valence-corrected chi connectivity index (χ2v) is 6.64. The van der Waals surface area contributed by atoms with Gasteiger partial charge in [0.1, 0.15) is 5.82 Å². The average Bonchev–Trinajstić information content (AvgIpc) is 2.56. The molecule has 0 unspecified atom stereocenters. The Balaban J connectivity index is 2.21. The van der Waals surface area contributed by atoms with Gasteiger partial charge in [0.15, 0.2) is 11.7 Å². The number of aromatic nitrogens is 1. The van der Waals surface area contributed by atoms with Crippen LogP contribution in [0.5, 0.6) is 0 Å². The largest absolute Gasteiger partial charge is 0.367 e. The number of carbonyl (C=O) groups is 1. The Hall–Kier alpha value is -2.21. The second kappa shape index (κ2) is 6.36. The molecule has 1 fully saturated rings. The van der Waals surface area contributed by atoms with Gasteiger partial charge in [0.05, 0.1) is 16.8 Å². The molecule has 1 aliphatic rings. The lowest BCUT2D eigenvalue weighted by atomic mass is 10.1. The molecule has 0 spiro atoms. The number of anilines is 1. The van der Waals surface area contributed by atoms with Crippen LogP contribution in [-0.2, 0) is 0 Å². The molecule has 0 N–H and O–H groups in total. The number of rotatable bonds is 3. The highest BCUT2D eigenvalue weighted by Gasteiger charge is 2.20. The first-order chi connectivity index (χ1) is 11.4. The Kier molecular flexibility index (Phi) is 4.41. The molecule has 0 radical (unpaired) electrons. The topological polar surface area (TPSA) is 45.6 Å². The molecular weight excluding hydrogens is 309 g/mol. The maximum absolute atomic E-state index is 14.7. The third-order valence-corrected chi connectivity index (χ3v) is 4.66. The molecular formula is C18H22FN3O2. The van der Waals surface area contributed by atoms with Crippen molar-refractivity contribution in [3.8, 4) is 0 Å². The normalized spacial score (nSPS) is 16.1. The van der Waals surface area contributed by atoms with Gasteiger partial charge >= 0.3 is 0 Å². The molecule has 0 atom stereocenters. The summed E-state index contributed by atoms with van der Waals surface area (Å²) < 4.78 is 16.5. The second-order valence-electron chi connectivity index (χ2n) is 6.64. The molecule has 6 heteroatoms. The summed E-state index contributed by atoms with van der Waals surface area (Å²) in [5.74, 6) is -0.414. The van der Waals surface area contributed by atoms with Crippen LogP contribution in [0.15, 0.2) is 23.1 Å². The molecule has 1 aromatic heterocycles. The van der Waals surface area contributed by atoms with Crippen LogP contribution in [0, 0.1) is 5.82 Å². The third-order valence-electron chi connectivity index (χ3n) is 4.66. The van der Waals surface area contributed by atoms with Crippen molar-refractivity contribution < 1.29 is 9.18 Å². The number of nitrogens with zero attached hydrogens (tertiary/aromatic N) is 3. The zero-order valence-corrected chi connectivity index (χ0v) is 14.3. The van der Waals surface area contributed by atoms with Gasteiger partial charge in [-0.25, -0.2) is 4.39 Å². The molecule has 128 valence electrons. The number of fused-ring (bicyclic) bond motifs is 1. The molecule has 0 bridgehead atoms. The molecule has 2 aromatic rings. The fourth-order valence-corrected chi connectivity index (χ4v) is 3.18. The molecule has 1 aromatic carbocycles. The lowest BCUT2D eigenvalue weighted by Gasteiger charge is -2.34. The number of piperazine rings is 1. The highest BCUT2D eigenvalue weighted by Crippen LogP contribution is 2.27. The Morgan fingerprint density at radius 1 is 1.17 bits per heavy atom. The monoisotopic (exact) mass is 331 g/mol. The third kappa shape index (κ3) is 2.82. The number of hydrogen-bond acceptors (Lipinski definition) is 4. The predicted molar refractivity (Wildman–Crippen MR) is 93.6 cm³/mol. The molecule has 0 saturated carbocycles. The van der Waals surface area contributed by atoms with Crippen molar-refractivity contribution in [2.45, 2.75) is 19.9 Å². The van der Waals surface area contributed by atoms with Crippen LogP contribution in [0.4, 0.5) is 10.1 Å². The number of halogens is 1. The van der Waals surface area contributed by atoms with Crippen molar-refractivity contribution >= 4 is 22.9 Å². The number of likely N-dealkylation sites (N-methyl/N-ethyl adjacent to an activating group) is 1. The van der Waals surface area contributed by atoms with Gasteiger partial charge in [0.2, 0.25) is 0 Å². The van der Waals surface area contributed by atoms with Gasteiger partial charge in [-0.15, -0.1) is 0 Å². The van der Waals surface area contributed by atoms with Crippen LogP contribution in [-0.4, -0.2) is 49.0 Å². The lowest BCUT2D eigenvalue weighted by molar-refractivity contribution is 0.112. The number of aldehydes is 1. The smallest absolute Gasteiger partial charge is 0.199 e. The van der Waals surface area contributed by atoms with E-state index in [0.717, 1.165) is 26.2 Å². The maximum atomic E-state index is 14.7. The van der Waals surface area contributed by atoms with Crippen molar-refractivity contribution in [2.24, 2.45) is 0 Å². The Morgan fingerprint density at radius 2 is 1.83 bits per heavy atom. The number of benzene rings is 1. The Labute approximate surface area is 140 Å². The highest BCUT2D eigenvalue weighted by molar-refractivity contribution is 5.88. The Bertz CT molecular complexity index is 836. The molecule has 1 saturated heterocycles. The summed E-state index contributed by atoms with van der Waals surface area (Å²) in [4.78, 5) is 27.8. The van der Waals surface area contributed by atoms with Crippen LogP contribution in [0.2, 0.25) is 0 Å². The van der Waals surface area contributed by atoms with Gasteiger partial charge < -0.3 is 14.4 Å². The first-order valence-corrected chi connectivity index (χ1v) is 8.19. The van der Waals surface area contributed by atoms with Crippen molar-refractivity contribution in [3.05, 3.63) is 39.9 Å². The fourth-order valence-electron chi connectivity index (χ4n) is 3.18. The summed E-state index contributed by atoms with van der Waals surface area (Å²) in [6.45, 7) is 7.18. The van der Waals surface area contributed by atoms with E-state index in [1.54, 1.807) is 12.3 Å². The maximum Gasteiger partial charge on any atom is 0.199 e. The van der Waals surface area contributed by atoms with Gasteiger partial charge in [-0.05, 0) is 33.0 Å². The van der Waals surface area contributed by atoms with Crippen LogP contribution in [0.1, 0.15) is 30.2 Å². The molecule has 24 heavy (non-hydrogen) atoms. The fraction of sp³-hybridized carbons (Fsp3) is 0.444. The zero-order valence-electron chi connectivity index (χ0n) is 14.3. The SMILES string of the molecule is CC(C)n1cc(C=O)c(=O)c2cc(F)c(N3CCN(C)CC3)cc21. The van der Waals surface area contributed by atoms with Crippen molar-refractivity contribution in [3.63, 3.8) is 0 Å². The van der Waals surface area contributed by atoms with E-state index in [4.69, 9.17) is 0 Å². The van der Waals surface area contributed by atoms with E-state index in [9.17, 15) is 14.0 Å². The van der Waals surface area contributed by atoms with E-state index in [1.807, 2.05) is 30.4 Å². The average molecular weight is 331 g/mol. The van der Waals surface area contributed by atoms with E-state index in [2.05, 4.69) is 4.90 Å². The zero-order chi connectivity index (χ0) is 17.4. The summed E-state index contributed by atoms with van der Waals surface area (Å²) in [5.41, 5.74) is 0.822. The van der Waals surface area contributed by atoms with E-state index in [1.165, 1.54) is 6.07 Å². The molecule has 0 aliphatic carbocycles. The first kappa shape index (κ1) is 16.6. The Morgan fingerprint density at radius 3 is 2.42 bits per heavy atom. The summed E-state index contributed by atoms with van der Waals surface area (Å²) in [6.07, 6.45) is 2.10. The van der Waals surface area contributed by atoms with Crippen molar-refractivity contribution in [1.29, 1.82) is 0 Å². The number of hydrogen-bond donors (Lipinski definition) is 0. The summed E-state index contributed by atoms with van der Waals surface area (Å²) >= 11 is 0. The van der Waals surface area contributed by atoms with E-state index in [-0.39, 0.29) is 17.0 Å². The summed E-state index contributed by atoms with van der Waals surface area (Å²) in [7, 11) is 2.05. The first-order valence-electron chi connectivity index (χ1n) is 8.19. The van der Waals surface area contributed by atoms with E-state index < -0.39 is 11.2 Å². The minimum Gasteiger partial charge on any atom is -0.367 e. The summed E-state index contributed by atoms with van der Waals surface area (Å²) in [5, 5.41) is 0.253. The number of pyridine rings is 1. The van der Waals surface area contributed by atoms with Crippen LogP contribution in [0.25, 0.3) is 10.9 Å². The van der Waals surface area contributed by atoms with Crippen molar-refractivity contribution in [1.82, 2.24) is 9.47 Å². The molecule has 1 aliphatic heterocycles. The highest BCUT2D eigenvalue weighted by atomic mass is 19.1. The number of carbonyl (C=O) groups excluding carboxylic acids is 1. The van der Waals surface area contributed by atoms with Gasteiger partial charge in [0, 0.05) is 43.8 Å². The van der Waals surface area contributed by atoms with Gasteiger partial charge in [-0.3, -0.25) is 9.59 Å². The quantitative estimate of drug-likeness (QED) is 0.810. The molecule has 0 amide bonds. The predicted octanol–water partition coefficient (Wildman–Crippen LogP) is 2.29. The minimum absolute atomic E-state index is 0.0533. The standard InChI is InChI=1S/C18H22FN3O2/c1-12(2)22-10-13(11-23)18(24)14-8-15(19)17(9-16(14)22)21-6-4-20(3)5-7-21/h8-12H,4-7H2,1-3H3. The summed E-state index contributed by atoms with van der Waals surface area (Å²) in [6, 6.07) is 3.07. The van der Waals surface area contributed by atoms with Gasteiger partial charge in [-0.2, -0.15) is 0 Å². The van der Waals surface area contributed by atoms with Crippen LogP contribution < -0.4 is 10.3 Å². The van der Waals surface area contributed by atoms with Gasteiger partial charge in [-0.1, -0.05) is 0 Å². The van der Waals surface area contributed by atoms with Crippen molar-refractivity contribution in [2.75, 3.05) is 38.1 Å². The lowest BCUT2D eigenvalue weighted by Crippen LogP contribution is -2.44. The van der Waals surface area contributed by atoms with Crippen LogP contribution >= 0.6 is 0 Å². The minimum atomic E-state index is -0.416. The molecule has 2 heterocycles. The molecule has 5 nitrogen and oxygen atoms in total.